The zero-order valence-electron chi connectivity index (χ0n) is 19.5. The Morgan fingerprint density at radius 1 is 0.657 bits per heavy atom. The number of phenolic OH excluding ortho intramolecular Hbond substituents is 1. The maximum Gasteiger partial charge on any atom is 0.196 e. The largest absolute Gasteiger partial charge is 0.507 e. The van der Waals surface area contributed by atoms with Crippen LogP contribution in [0.3, 0.4) is 0 Å². The van der Waals surface area contributed by atoms with Crippen LogP contribution in [0.15, 0.2) is 109 Å². The van der Waals surface area contributed by atoms with E-state index < -0.39 is 5.92 Å². The van der Waals surface area contributed by atoms with Crippen LogP contribution in [0.2, 0.25) is 0 Å². The maximum atomic E-state index is 12.1. The summed E-state index contributed by atoms with van der Waals surface area (Å²) in [5.41, 5.74) is 1.98. The quantitative estimate of drug-likeness (QED) is 0.266. The number of rotatable bonds is 7. The van der Waals surface area contributed by atoms with E-state index in [2.05, 4.69) is 0 Å². The molecule has 0 saturated heterocycles. The van der Waals surface area contributed by atoms with Gasteiger partial charge in [-0.1, -0.05) is 91.0 Å². The van der Waals surface area contributed by atoms with E-state index in [1.807, 2.05) is 18.2 Å². The average molecular weight is 467 g/mol. The summed E-state index contributed by atoms with van der Waals surface area (Å²) in [6.07, 6.45) is 0. The van der Waals surface area contributed by atoms with Gasteiger partial charge >= 0.3 is 0 Å². The molecule has 0 bridgehead atoms. The highest BCUT2D eigenvalue weighted by Crippen LogP contribution is 2.25. The lowest BCUT2D eigenvalue weighted by atomic mass is 9.92. The zero-order chi connectivity index (χ0) is 25.2. The molecule has 5 nitrogen and oxygen atoms in total. The molecule has 0 aliphatic rings. The van der Waals surface area contributed by atoms with Gasteiger partial charge in [-0.05, 0) is 19.1 Å². The van der Waals surface area contributed by atoms with E-state index in [-0.39, 0.29) is 28.7 Å². The van der Waals surface area contributed by atoms with Crippen molar-refractivity contribution < 1.29 is 24.2 Å². The van der Waals surface area contributed by atoms with Crippen molar-refractivity contribution in [2.75, 3.05) is 7.11 Å². The first-order valence-corrected chi connectivity index (χ1v) is 11.1. The second-order valence-corrected chi connectivity index (χ2v) is 7.76. The van der Waals surface area contributed by atoms with Gasteiger partial charge in [0.25, 0.3) is 0 Å². The van der Waals surface area contributed by atoms with E-state index in [0.717, 1.165) is 0 Å². The van der Waals surface area contributed by atoms with E-state index in [9.17, 15) is 19.5 Å². The molecule has 4 aromatic carbocycles. The number of Topliss-reactive ketones (excluding diaryl/α,β-unsaturated/α-hetero) is 2. The molecule has 0 saturated carbocycles. The third-order valence-electron chi connectivity index (χ3n) is 5.39. The van der Waals surface area contributed by atoms with Crippen molar-refractivity contribution in [1.82, 2.24) is 0 Å². The average Bonchev–Trinajstić information content (AvgIpc) is 2.93. The minimum Gasteiger partial charge on any atom is -0.507 e. The van der Waals surface area contributed by atoms with Crippen molar-refractivity contribution >= 4 is 17.3 Å². The summed E-state index contributed by atoms with van der Waals surface area (Å²) in [4.78, 5) is 36.3. The molecular weight excluding hydrogens is 440 g/mol. The van der Waals surface area contributed by atoms with Gasteiger partial charge in [-0.25, -0.2) is 0 Å². The number of benzene rings is 4. The number of hydrogen-bond acceptors (Lipinski definition) is 5. The minimum atomic E-state index is -0.644. The fourth-order valence-corrected chi connectivity index (χ4v) is 3.40. The monoisotopic (exact) mass is 466 g/mol. The van der Waals surface area contributed by atoms with Crippen molar-refractivity contribution in [2.45, 2.75) is 6.92 Å². The molecule has 0 heterocycles. The van der Waals surface area contributed by atoms with Crippen molar-refractivity contribution in [3.8, 4) is 11.5 Å². The van der Waals surface area contributed by atoms with Gasteiger partial charge in [0, 0.05) is 22.8 Å². The molecule has 0 radical (unpaired) electrons. The molecule has 4 rings (SSSR count). The van der Waals surface area contributed by atoms with Crippen LogP contribution in [-0.4, -0.2) is 29.6 Å². The molecule has 0 fully saturated rings. The van der Waals surface area contributed by atoms with E-state index in [1.54, 1.807) is 91.9 Å². The van der Waals surface area contributed by atoms with Crippen molar-refractivity contribution in [3.63, 3.8) is 0 Å². The molecule has 1 N–H and O–H groups in total. The predicted molar refractivity (Wildman–Crippen MR) is 135 cm³/mol. The van der Waals surface area contributed by atoms with Crippen LogP contribution < -0.4 is 4.74 Å². The molecule has 0 aliphatic carbocycles. The number of methoxy groups -OCH3 is 1. The highest BCUT2D eigenvalue weighted by molar-refractivity contribution is 6.15. The van der Waals surface area contributed by atoms with Crippen LogP contribution >= 0.6 is 0 Å². The summed E-state index contributed by atoms with van der Waals surface area (Å²) in [5.74, 6) is -0.667. The Hall–Kier alpha value is -4.51. The van der Waals surface area contributed by atoms with E-state index in [4.69, 9.17) is 4.74 Å². The first-order chi connectivity index (χ1) is 16.9. The molecule has 0 unspecified atom stereocenters. The van der Waals surface area contributed by atoms with Gasteiger partial charge in [-0.2, -0.15) is 0 Å². The Labute approximate surface area is 204 Å². The van der Waals surface area contributed by atoms with Gasteiger partial charge in [-0.15, -0.1) is 0 Å². The summed E-state index contributed by atoms with van der Waals surface area (Å²) in [6.45, 7) is 1.66. The van der Waals surface area contributed by atoms with Gasteiger partial charge in [-0.3, -0.25) is 14.4 Å². The summed E-state index contributed by atoms with van der Waals surface area (Å²) >= 11 is 0. The smallest absolute Gasteiger partial charge is 0.196 e. The van der Waals surface area contributed by atoms with Gasteiger partial charge in [0.05, 0.1) is 18.6 Å². The molecule has 35 heavy (non-hydrogen) atoms. The van der Waals surface area contributed by atoms with Crippen LogP contribution in [0.25, 0.3) is 0 Å². The van der Waals surface area contributed by atoms with Crippen LogP contribution in [0, 0.1) is 5.92 Å². The Bertz CT molecular complexity index is 1230. The Morgan fingerprint density at radius 3 is 1.49 bits per heavy atom. The summed E-state index contributed by atoms with van der Waals surface area (Å²) < 4.78 is 4.96. The predicted octanol–water partition coefficient (Wildman–Crippen LogP) is 6.02. The lowest BCUT2D eigenvalue weighted by Crippen LogP contribution is -2.21. The lowest BCUT2D eigenvalue weighted by molar-refractivity contribution is 0.0820. The van der Waals surface area contributed by atoms with Crippen LogP contribution in [0.1, 0.15) is 43.6 Å². The summed E-state index contributed by atoms with van der Waals surface area (Å²) in [6, 6.07) is 31.3. The fraction of sp³-hybridized carbons (Fsp3) is 0.100. The minimum absolute atomic E-state index is 0.0711. The van der Waals surface area contributed by atoms with Gasteiger partial charge in [0.15, 0.2) is 17.3 Å². The van der Waals surface area contributed by atoms with Gasteiger partial charge in [0.1, 0.15) is 11.5 Å². The van der Waals surface area contributed by atoms with Crippen LogP contribution in [0.4, 0.5) is 0 Å². The van der Waals surface area contributed by atoms with Crippen LogP contribution in [0.5, 0.6) is 11.5 Å². The molecular formula is C30H26O5. The standard InChI is InChI=1S/C16H14O2.C14H12O3/c1-12(15(17)13-8-4-2-5-9-13)16(18)14-10-6-3-7-11-14;1-17-11-7-8-12(13(15)9-11)14(16)10-5-3-2-4-6-10/h2-12H,1H3;2-9,15H,1H3. The third kappa shape index (κ3) is 6.51. The number of phenols is 1. The number of ether oxygens (including phenoxy) is 1. The molecule has 0 atom stereocenters. The number of carbonyl (C=O) groups is 3. The van der Waals surface area contributed by atoms with E-state index in [0.29, 0.717) is 22.4 Å². The first-order valence-electron chi connectivity index (χ1n) is 11.1. The molecule has 5 heteroatoms. The number of hydrogen-bond donors (Lipinski definition) is 1. The highest BCUT2D eigenvalue weighted by Gasteiger charge is 2.23. The fourth-order valence-electron chi connectivity index (χ4n) is 3.40. The lowest BCUT2D eigenvalue weighted by Gasteiger charge is -2.09. The SMILES string of the molecule is CC(C(=O)c1ccccc1)C(=O)c1ccccc1.COc1ccc(C(=O)c2ccccc2)c(O)c1. The van der Waals surface area contributed by atoms with Crippen molar-refractivity contribution in [2.24, 2.45) is 5.92 Å². The van der Waals surface area contributed by atoms with E-state index >= 15 is 0 Å². The summed E-state index contributed by atoms with van der Waals surface area (Å²) in [7, 11) is 1.51. The van der Waals surface area contributed by atoms with Crippen molar-refractivity contribution in [3.05, 3.63) is 131 Å². The van der Waals surface area contributed by atoms with E-state index in [1.165, 1.54) is 13.2 Å². The first kappa shape index (κ1) is 25.1. The van der Waals surface area contributed by atoms with Crippen molar-refractivity contribution in [1.29, 1.82) is 0 Å². The number of carbonyl (C=O) groups excluding carboxylic acids is 3. The molecule has 4 aromatic rings. The Balaban J connectivity index is 0.000000196. The van der Waals surface area contributed by atoms with Crippen LogP contribution in [-0.2, 0) is 0 Å². The summed E-state index contributed by atoms with van der Waals surface area (Å²) in [5, 5.41) is 9.75. The molecule has 0 aromatic heterocycles. The molecule has 0 aliphatic heterocycles. The number of aromatic hydroxyl groups is 1. The number of ketones is 3. The molecule has 0 amide bonds. The second-order valence-electron chi connectivity index (χ2n) is 7.76. The molecule has 176 valence electrons. The van der Waals surface area contributed by atoms with Gasteiger partial charge < -0.3 is 9.84 Å². The molecule has 0 spiro atoms. The topological polar surface area (TPSA) is 80.7 Å². The third-order valence-corrected chi connectivity index (χ3v) is 5.39. The Morgan fingerprint density at radius 2 is 1.09 bits per heavy atom. The maximum absolute atomic E-state index is 12.1. The second kappa shape index (κ2) is 12.1. The normalized spacial score (nSPS) is 10.1. The Kier molecular flexibility index (Phi) is 8.68. The van der Waals surface area contributed by atoms with Gasteiger partial charge in [0.2, 0.25) is 0 Å². The zero-order valence-corrected chi connectivity index (χ0v) is 19.5. The highest BCUT2D eigenvalue weighted by atomic mass is 16.5.